The number of anilines is 6. The lowest BCUT2D eigenvalue weighted by Crippen LogP contribution is -2.61. The summed E-state index contributed by atoms with van der Waals surface area (Å²) in [5, 5.41) is 0. The smallest absolute Gasteiger partial charge is 0.252 e. The maximum absolute atomic E-state index is 7.12. The largest absolute Gasteiger partial charge is 0.456 e. The highest BCUT2D eigenvalue weighted by molar-refractivity contribution is 7.00. The van der Waals surface area contributed by atoms with Crippen molar-refractivity contribution in [2.75, 3.05) is 9.80 Å². The summed E-state index contributed by atoms with van der Waals surface area (Å²) in [6.45, 7) is 6.90. The molecular weight excluding hydrogens is 824 g/mol. The summed E-state index contributed by atoms with van der Waals surface area (Å²) >= 11 is 0. The molecule has 0 saturated carbocycles. The minimum Gasteiger partial charge on any atom is -0.456 e. The van der Waals surface area contributed by atoms with Gasteiger partial charge in [0.15, 0.2) is 0 Å². The van der Waals surface area contributed by atoms with Gasteiger partial charge in [-0.25, -0.2) is 0 Å². The fourth-order valence-corrected chi connectivity index (χ4v) is 10.9. The first-order valence-corrected chi connectivity index (χ1v) is 23.7. The molecule has 0 radical (unpaired) electrons. The fraction of sp³-hybridized carbons (Fsp3) is 0.0625. The van der Waals surface area contributed by atoms with Gasteiger partial charge >= 0.3 is 0 Å². The topological polar surface area (TPSA) is 15.7 Å². The van der Waals surface area contributed by atoms with Gasteiger partial charge in [-0.1, -0.05) is 197 Å². The summed E-state index contributed by atoms with van der Waals surface area (Å²) in [5.74, 6) is 1.64. The molecule has 68 heavy (non-hydrogen) atoms. The van der Waals surface area contributed by atoms with E-state index >= 15 is 0 Å². The van der Waals surface area contributed by atoms with Crippen LogP contribution in [0.15, 0.2) is 231 Å². The quantitative estimate of drug-likeness (QED) is 0.164. The van der Waals surface area contributed by atoms with Gasteiger partial charge in [0.25, 0.3) is 6.71 Å². The normalized spacial score (nSPS) is 13.0. The van der Waals surface area contributed by atoms with Gasteiger partial charge in [0.1, 0.15) is 11.5 Å². The number of hydrogen-bond donors (Lipinski definition) is 0. The Morgan fingerprint density at radius 1 is 0.353 bits per heavy atom. The Labute approximate surface area is 399 Å². The van der Waals surface area contributed by atoms with Crippen molar-refractivity contribution < 1.29 is 4.74 Å². The highest BCUT2D eigenvalue weighted by Gasteiger charge is 2.46. The molecule has 13 rings (SSSR count). The molecular formula is C64H47BN2O. The van der Waals surface area contributed by atoms with Gasteiger partial charge in [0.2, 0.25) is 0 Å². The van der Waals surface area contributed by atoms with Crippen LogP contribution < -0.4 is 30.9 Å². The molecule has 0 spiro atoms. The van der Waals surface area contributed by atoms with Crippen molar-refractivity contribution in [3.8, 4) is 67.1 Å². The van der Waals surface area contributed by atoms with Crippen molar-refractivity contribution in [2.24, 2.45) is 0 Å². The van der Waals surface area contributed by atoms with Gasteiger partial charge in [-0.05, 0) is 115 Å². The van der Waals surface area contributed by atoms with E-state index in [2.05, 4.69) is 261 Å². The van der Waals surface area contributed by atoms with E-state index in [1.807, 2.05) is 0 Å². The summed E-state index contributed by atoms with van der Waals surface area (Å²) in [6.07, 6.45) is 0. The first kappa shape index (κ1) is 40.0. The highest BCUT2D eigenvalue weighted by Crippen LogP contribution is 2.54. The van der Waals surface area contributed by atoms with Crippen molar-refractivity contribution in [3.05, 3.63) is 236 Å². The van der Waals surface area contributed by atoms with Gasteiger partial charge < -0.3 is 14.5 Å². The zero-order valence-corrected chi connectivity index (χ0v) is 38.3. The molecule has 0 saturated heterocycles. The first-order chi connectivity index (χ1) is 33.4. The molecule has 0 aliphatic carbocycles. The Hall–Kier alpha value is -8.34. The summed E-state index contributed by atoms with van der Waals surface area (Å²) in [7, 11) is 0. The number of ether oxygens (including phenoxy) is 1. The average Bonchev–Trinajstić information content (AvgIpc) is 3.39. The molecule has 0 aromatic heterocycles. The monoisotopic (exact) mass is 870 g/mol. The maximum atomic E-state index is 7.12. The standard InChI is InChI=1S/C64H47BN2O/c1-64(2,3)48-40-58-62-59(41-48)67-56-28-16-13-25-50(56)51-26-14-17-29-60(51)68-61-30-18-15-27-52(61)53-37-47(44-23-11-6-12-24-44)39-55(63(53)67)65(62)54-38-46(43-21-9-5-10-22-43)33-36-57(54)66(58)49-34-31-45(32-35-49)42-19-7-4-8-20-42/h4-41H,1-3H3. The third-order valence-electron chi connectivity index (χ3n) is 14.2. The molecule has 0 unspecified atom stereocenters. The van der Waals surface area contributed by atoms with E-state index in [1.54, 1.807) is 0 Å². The van der Waals surface area contributed by atoms with Crippen LogP contribution in [0.5, 0.6) is 11.5 Å². The van der Waals surface area contributed by atoms with Crippen molar-refractivity contribution in [3.63, 3.8) is 0 Å². The van der Waals surface area contributed by atoms with E-state index in [0.29, 0.717) is 0 Å². The van der Waals surface area contributed by atoms with Crippen LogP contribution in [-0.4, -0.2) is 6.71 Å². The second-order valence-electron chi connectivity index (χ2n) is 19.3. The van der Waals surface area contributed by atoms with E-state index in [1.165, 1.54) is 72.5 Å². The molecule has 322 valence electrons. The molecule has 3 aliphatic rings. The zero-order chi connectivity index (χ0) is 45.5. The Morgan fingerprint density at radius 2 is 0.838 bits per heavy atom. The predicted molar refractivity (Wildman–Crippen MR) is 286 cm³/mol. The number of benzene rings is 10. The number of nitrogens with zero attached hydrogens (tertiary/aromatic N) is 2. The maximum Gasteiger partial charge on any atom is 0.252 e. The molecule has 3 aliphatic heterocycles. The van der Waals surface area contributed by atoms with E-state index in [-0.39, 0.29) is 12.1 Å². The van der Waals surface area contributed by atoms with E-state index in [4.69, 9.17) is 4.74 Å². The third kappa shape index (κ3) is 6.43. The Kier molecular flexibility index (Phi) is 9.20. The minimum atomic E-state index is -0.175. The molecule has 0 amide bonds. The molecule has 3 heterocycles. The van der Waals surface area contributed by atoms with Crippen molar-refractivity contribution in [1.29, 1.82) is 0 Å². The number of para-hydroxylation sites is 3. The van der Waals surface area contributed by atoms with E-state index < -0.39 is 0 Å². The Morgan fingerprint density at radius 3 is 1.47 bits per heavy atom. The number of rotatable bonds is 4. The van der Waals surface area contributed by atoms with Gasteiger partial charge in [0, 0.05) is 50.7 Å². The lowest BCUT2D eigenvalue weighted by Gasteiger charge is -2.46. The number of fused-ring (bicyclic) bond motifs is 10. The van der Waals surface area contributed by atoms with E-state index in [9.17, 15) is 0 Å². The lowest BCUT2D eigenvalue weighted by atomic mass is 9.33. The van der Waals surface area contributed by atoms with Gasteiger partial charge in [-0.15, -0.1) is 0 Å². The van der Waals surface area contributed by atoms with Crippen LogP contribution in [0.3, 0.4) is 0 Å². The molecule has 10 aromatic rings. The lowest BCUT2D eigenvalue weighted by molar-refractivity contribution is 0.486. The summed E-state index contributed by atoms with van der Waals surface area (Å²) in [4.78, 5) is 5.16. The molecule has 0 N–H and O–H groups in total. The molecule has 4 heteroatoms. The zero-order valence-electron chi connectivity index (χ0n) is 38.3. The van der Waals surface area contributed by atoms with Crippen LogP contribution in [0.1, 0.15) is 26.3 Å². The van der Waals surface area contributed by atoms with Gasteiger partial charge in [0.05, 0.1) is 5.69 Å². The minimum absolute atomic E-state index is 0.128. The molecule has 0 bridgehead atoms. The SMILES string of the molecule is CC(C)(C)c1cc2c3c(c1)N1c4ccccc4-c4ccccc4Oc4ccccc4-c4cc(-c5ccccc5)cc(c41)B3c1cc(-c3ccccc3)ccc1N2c1ccc(-c2ccccc2)cc1. The molecule has 10 aromatic carbocycles. The van der Waals surface area contributed by atoms with Crippen molar-refractivity contribution in [1.82, 2.24) is 0 Å². The molecule has 0 fully saturated rings. The Balaban J connectivity index is 1.19. The average molecular weight is 871 g/mol. The van der Waals surface area contributed by atoms with Gasteiger partial charge in [-0.2, -0.15) is 0 Å². The fourth-order valence-electron chi connectivity index (χ4n) is 10.9. The van der Waals surface area contributed by atoms with Gasteiger partial charge in [-0.3, -0.25) is 0 Å². The van der Waals surface area contributed by atoms with Crippen LogP contribution >= 0.6 is 0 Å². The predicted octanol–water partition coefficient (Wildman–Crippen LogP) is 15.5. The van der Waals surface area contributed by atoms with Crippen LogP contribution in [0.4, 0.5) is 34.1 Å². The van der Waals surface area contributed by atoms with Crippen molar-refractivity contribution in [2.45, 2.75) is 26.2 Å². The summed E-state index contributed by atoms with van der Waals surface area (Å²) in [6, 6.07) is 84.6. The summed E-state index contributed by atoms with van der Waals surface area (Å²) < 4.78 is 7.12. The van der Waals surface area contributed by atoms with Crippen LogP contribution in [-0.2, 0) is 5.41 Å². The van der Waals surface area contributed by atoms with Crippen LogP contribution in [0, 0.1) is 0 Å². The molecule has 3 nitrogen and oxygen atoms in total. The molecule has 0 atom stereocenters. The summed E-state index contributed by atoms with van der Waals surface area (Å²) in [5.41, 5.74) is 23.3. The highest BCUT2D eigenvalue weighted by atomic mass is 16.5. The first-order valence-electron chi connectivity index (χ1n) is 23.7. The second kappa shape index (κ2) is 15.6. The van der Waals surface area contributed by atoms with Crippen LogP contribution in [0.25, 0.3) is 55.6 Å². The third-order valence-corrected chi connectivity index (χ3v) is 14.2. The van der Waals surface area contributed by atoms with E-state index in [0.717, 1.165) is 50.7 Å². The van der Waals surface area contributed by atoms with Crippen LogP contribution in [0.2, 0.25) is 0 Å². The number of hydrogen-bond acceptors (Lipinski definition) is 3. The Bertz CT molecular complexity index is 3580. The second-order valence-corrected chi connectivity index (χ2v) is 19.3. The van der Waals surface area contributed by atoms with Crippen molar-refractivity contribution >= 4 is 57.2 Å².